The molecular formula is C17H19N2O2+. The van der Waals surface area contributed by atoms with Gasteiger partial charge in [0.25, 0.3) is 0 Å². The maximum Gasteiger partial charge on any atom is 0.224 e. The third-order valence-corrected chi connectivity index (χ3v) is 3.68. The van der Waals surface area contributed by atoms with Gasteiger partial charge in [0.2, 0.25) is 12.4 Å². The van der Waals surface area contributed by atoms with Gasteiger partial charge in [-0.15, -0.1) is 0 Å². The number of ether oxygens (including phenoxy) is 2. The first-order chi connectivity index (χ1) is 10.2. The summed E-state index contributed by atoms with van der Waals surface area (Å²) < 4.78 is 12.9. The number of anilines is 1. The van der Waals surface area contributed by atoms with Crippen molar-refractivity contribution >= 4 is 17.6 Å². The Labute approximate surface area is 124 Å². The summed E-state index contributed by atoms with van der Waals surface area (Å²) in [5, 5.41) is 0. The number of nitrogens with zero attached hydrogens (tertiary/aromatic N) is 2. The number of para-hydroxylation sites is 1. The minimum absolute atomic E-state index is 0.785. The maximum atomic E-state index is 5.35. The molecule has 1 heterocycles. The first-order valence-electron chi connectivity index (χ1n) is 6.86. The van der Waals surface area contributed by atoms with E-state index in [2.05, 4.69) is 47.0 Å². The molecule has 0 bridgehead atoms. The van der Waals surface area contributed by atoms with Gasteiger partial charge in [0.15, 0.2) is 6.21 Å². The quantitative estimate of drug-likeness (QED) is 0.810. The summed E-state index contributed by atoms with van der Waals surface area (Å²) in [7, 11) is 5.43. The molecule has 21 heavy (non-hydrogen) atoms. The van der Waals surface area contributed by atoms with Gasteiger partial charge >= 0.3 is 0 Å². The molecule has 0 fully saturated rings. The highest BCUT2D eigenvalue weighted by atomic mass is 16.5. The van der Waals surface area contributed by atoms with E-state index in [0.717, 1.165) is 23.9 Å². The van der Waals surface area contributed by atoms with Crippen molar-refractivity contribution in [3.8, 4) is 11.5 Å². The number of benzene rings is 2. The van der Waals surface area contributed by atoms with Gasteiger partial charge in [-0.05, 0) is 12.1 Å². The maximum absolute atomic E-state index is 5.35. The summed E-state index contributed by atoms with van der Waals surface area (Å²) >= 11 is 0. The Hall–Kier alpha value is -2.49. The summed E-state index contributed by atoms with van der Waals surface area (Å²) in [4.78, 5) is 2.22. The molecule has 0 amide bonds. The fourth-order valence-electron chi connectivity index (χ4n) is 2.57. The van der Waals surface area contributed by atoms with Crippen molar-refractivity contribution in [3.63, 3.8) is 0 Å². The van der Waals surface area contributed by atoms with E-state index in [1.165, 1.54) is 11.3 Å². The van der Waals surface area contributed by atoms with Gasteiger partial charge in [-0.1, -0.05) is 12.1 Å². The number of rotatable bonds is 3. The van der Waals surface area contributed by atoms with E-state index in [4.69, 9.17) is 9.47 Å². The lowest BCUT2D eigenvalue weighted by Gasteiger charge is -2.23. The Morgan fingerprint density at radius 1 is 1.00 bits per heavy atom. The summed E-state index contributed by atoms with van der Waals surface area (Å²) in [5.41, 5.74) is 3.49. The van der Waals surface area contributed by atoms with E-state index in [9.17, 15) is 0 Å². The smallest absolute Gasteiger partial charge is 0.224 e. The second-order valence-corrected chi connectivity index (χ2v) is 5.07. The predicted octanol–water partition coefficient (Wildman–Crippen LogP) is 2.87. The van der Waals surface area contributed by atoms with Crippen LogP contribution in [0, 0.1) is 0 Å². The van der Waals surface area contributed by atoms with Crippen molar-refractivity contribution in [2.24, 2.45) is 0 Å². The van der Waals surface area contributed by atoms with Gasteiger partial charge in [-0.25, -0.2) is 0 Å². The average molecular weight is 283 g/mol. The van der Waals surface area contributed by atoms with Crippen molar-refractivity contribution in [1.29, 1.82) is 0 Å². The summed E-state index contributed by atoms with van der Waals surface area (Å²) in [6, 6.07) is 14.3. The minimum Gasteiger partial charge on any atom is -0.496 e. The molecule has 2 aromatic rings. The van der Waals surface area contributed by atoms with Gasteiger partial charge in [-0.3, -0.25) is 0 Å². The highest BCUT2D eigenvalue weighted by molar-refractivity contribution is 5.86. The Morgan fingerprint density at radius 3 is 2.33 bits per heavy atom. The molecule has 0 saturated carbocycles. The van der Waals surface area contributed by atoms with Crippen LogP contribution >= 0.6 is 0 Å². The highest BCUT2D eigenvalue weighted by Crippen LogP contribution is 2.30. The highest BCUT2D eigenvalue weighted by Gasteiger charge is 2.22. The lowest BCUT2D eigenvalue weighted by Crippen LogP contribution is -2.32. The van der Waals surface area contributed by atoms with E-state index in [-0.39, 0.29) is 0 Å². The molecule has 0 aromatic heterocycles. The molecule has 1 aliphatic rings. The van der Waals surface area contributed by atoms with Crippen LogP contribution in [0.3, 0.4) is 0 Å². The third kappa shape index (κ3) is 2.57. The van der Waals surface area contributed by atoms with Crippen LogP contribution in [0.4, 0.5) is 11.4 Å². The molecule has 4 heteroatoms. The second kappa shape index (κ2) is 5.48. The first kappa shape index (κ1) is 13.5. The third-order valence-electron chi connectivity index (χ3n) is 3.68. The fraction of sp³-hybridized carbons (Fsp3) is 0.235. The van der Waals surface area contributed by atoms with Crippen LogP contribution in [0.2, 0.25) is 0 Å². The number of hydrogen-bond acceptors (Lipinski definition) is 3. The van der Waals surface area contributed by atoms with Crippen molar-refractivity contribution in [2.75, 3.05) is 32.8 Å². The largest absolute Gasteiger partial charge is 0.496 e. The molecule has 108 valence electrons. The zero-order chi connectivity index (χ0) is 14.8. The van der Waals surface area contributed by atoms with Crippen LogP contribution in [0.15, 0.2) is 42.5 Å². The normalized spacial score (nSPS) is 13.5. The molecule has 0 aliphatic carbocycles. The Balaban J connectivity index is 2.07. The molecule has 0 atom stereocenters. The van der Waals surface area contributed by atoms with Crippen LogP contribution in [-0.2, 0) is 0 Å². The molecule has 3 rings (SSSR count). The Bertz CT molecular complexity index is 673. The van der Waals surface area contributed by atoms with Crippen LogP contribution < -0.4 is 14.4 Å². The Morgan fingerprint density at radius 2 is 1.67 bits per heavy atom. The topological polar surface area (TPSA) is 24.7 Å². The van der Waals surface area contributed by atoms with Crippen molar-refractivity contribution in [1.82, 2.24) is 0 Å². The van der Waals surface area contributed by atoms with E-state index in [0.29, 0.717) is 0 Å². The summed E-state index contributed by atoms with van der Waals surface area (Å²) in [6.07, 6.45) is 2.16. The monoisotopic (exact) mass is 283 g/mol. The van der Waals surface area contributed by atoms with Crippen molar-refractivity contribution in [3.05, 3.63) is 48.0 Å². The minimum atomic E-state index is 0.785. The molecular weight excluding hydrogens is 264 g/mol. The Kier molecular flexibility index (Phi) is 3.52. The van der Waals surface area contributed by atoms with E-state index in [1.54, 1.807) is 14.2 Å². The number of methoxy groups -OCH3 is 2. The van der Waals surface area contributed by atoms with Crippen molar-refractivity contribution in [2.45, 2.75) is 0 Å². The molecule has 0 saturated heterocycles. The zero-order valence-corrected chi connectivity index (χ0v) is 12.5. The van der Waals surface area contributed by atoms with E-state index < -0.39 is 0 Å². The van der Waals surface area contributed by atoms with Gasteiger partial charge in [0, 0.05) is 13.1 Å². The average Bonchev–Trinajstić information content (AvgIpc) is 2.54. The first-order valence-corrected chi connectivity index (χ1v) is 6.86. The standard InChI is InChI=1S/C17H19N2O2/c1-18-12-19(11-13-6-4-5-7-17(13)18)14-8-15(20-2)10-16(9-14)21-3/h4-11H,12H2,1-3H3/q+1. The molecule has 2 aromatic carbocycles. The van der Waals surface area contributed by atoms with Gasteiger partial charge in [0.05, 0.1) is 37.6 Å². The molecule has 0 unspecified atom stereocenters. The molecule has 0 spiro atoms. The molecule has 4 nitrogen and oxygen atoms in total. The second-order valence-electron chi connectivity index (χ2n) is 5.07. The fourth-order valence-corrected chi connectivity index (χ4v) is 2.57. The van der Waals surface area contributed by atoms with Gasteiger partial charge in [-0.2, -0.15) is 4.58 Å². The van der Waals surface area contributed by atoms with Crippen molar-refractivity contribution < 1.29 is 14.0 Å². The number of fused-ring (bicyclic) bond motifs is 1. The summed E-state index contributed by atoms with van der Waals surface area (Å²) in [5.74, 6) is 1.58. The number of hydrogen-bond donors (Lipinski definition) is 0. The SMILES string of the molecule is COc1cc(OC)cc([N+]2=Cc3ccccc3N(C)C2)c1. The lowest BCUT2D eigenvalue weighted by molar-refractivity contribution is -0.435. The zero-order valence-electron chi connectivity index (χ0n) is 12.5. The van der Waals surface area contributed by atoms with E-state index in [1.807, 2.05) is 18.2 Å². The summed E-state index contributed by atoms with van der Waals surface area (Å²) in [6.45, 7) is 0.785. The predicted molar refractivity (Wildman–Crippen MR) is 84.3 cm³/mol. The molecule has 0 radical (unpaired) electrons. The van der Waals surface area contributed by atoms with Crippen LogP contribution in [-0.4, -0.2) is 38.7 Å². The van der Waals surface area contributed by atoms with Crippen LogP contribution in [0.25, 0.3) is 0 Å². The van der Waals surface area contributed by atoms with E-state index >= 15 is 0 Å². The molecule has 1 aliphatic heterocycles. The molecule has 0 N–H and O–H groups in total. The van der Waals surface area contributed by atoms with Gasteiger partial charge < -0.3 is 14.4 Å². The lowest BCUT2D eigenvalue weighted by atomic mass is 10.1. The van der Waals surface area contributed by atoms with Crippen LogP contribution in [0.1, 0.15) is 5.56 Å². The van der Waals surface area contributed by atoms with Crippen LogP contribution in [0.5, 0.6) is 11.5 Å². The van der Waals surface area contributed by atoms with Gasteiger partial charge in [0.1, 0.15) is 11.5 Å².